The number of hydrogen-bond acceptors (Lipinski definition) is 7. The van der Waals surface area contributed by atoms with Gasteiger partial charge >= 0.3 is 6.18 Å². The van der Waals surface area contributed by atoms with Gasteiger partial charge in [0.2, 0.25) is 11.6 Å². The number of aliphatic hydroxyl groups excluding tert-OH is 2. The van der Waals surface area contributed by atoms with Crippen molar-refractivity contribution in [3.63, 3.8) is 0 Å². The molecule has 2 aromatic rings. The number of halogens is 3. The highest BCUT2D eigenvalue weighted by molar-refractivity contribution is 5.91. The summed E-state index contributed by atoms with van der Waals surface area (Å²) in [5, 5.41) is 25.9. The number of nitrogens with one attached hydrogen (secondary N) is 1. The molecule has 0 saturated heterocycles. The molecule has 1 aliphatic rings. The zero-order chi connectivity index (χ0) is 20.4. The van der Waals surface area contributed by atoms with Gasteiger partial charge in [0.15, 0.2) is 0 Å². The Morgan fingerprint density at radius 1 is 1.29 bits per heavy atom. The quantitative estimate of drug-likeness (QED) is 0.670. The van der Waals surface area contributed by atoms with Gasteiger partial charge in [-0.3, -0.25) is 4.79 Å². The second-order valence-electron chi connectivity index (χ2n) is 6.77. The predicted octanol–water partition coefficient (Wildman–Crippen LogP) is 1.40. The van der Waals surface area contributed by atoms with Crippen LogP contribution in [0, 0.1) is 5.41 Å². The fourth-order valence-electron chi connectivity index (χ4n) is 3.10. The van der Waals surface area contributed by atoms with E-state index in [0.29, 0.717) is 6.20 Å². The highest BCUT2D eigenvalue weighted by Gasteiger charge is 2.45. The lowest BCUT2D eigenvalue weighted by molar-refractivity contribution is -0.137. The molecule has 152 valence electrons. The summed E-state index contributed by atoms with van der Waals surface area (Å²) >= 11 is 0. The third-order valence-corrected chi connectivity index (χ3v) is 4.60. The van der Waals surface area contributed by atoms with E-state index < -0.39 is 35.3 Å². The molecule has 11 heteroatoms. The molecule has 3 N–H and O–H groups in total. The van der Waals surface area contributed by atoms with Crippen molar-refractivity contribution in [2.75, 3.05) is 13.2 Å². The van der Waals surface area contributed by atoms with Crippen molar-refractivity contribution >= 4 is 5.91 Å². The van der Waals surface area contributed by atoms with E-state index in [2.05, 4.69) is 15.5 Å². The molecule has 0 spiro atoms. The SMILES string of the molecule is O=C(NCC1(COc2ccc(C(F)(F)F)cn2)C[C@@H](O)[C@@H](O)C1)c1ccno1. The zero-order valence-corrected chi connectivity index (χ0v) is 14.5. The highest BCUT2D eigenvalue weighted by atomic mass is 19.4. The smallest absolute Gasteiger partial charge is 0.417 e. The monoisotopic (exact) mass is 401 g/mol. The molecule has 28 heavy (non-hydrogen) atoms. The van der Waals surface area contributed by atoms with Gasteiger partial charge in [-0.2, -0.15) is 13.2 Å². The third-order valence-electron chi connectivity index (χ3n) is 4.60. The molecular weight excluding hydrogens is 383 g/mol. The minimum absolute atomic E-state index is 0.000400. The predicted molar refractivity (Wildman–Crippen MR) is 87.3 cm³/mol. The summed E-state index contributed by atoms with van der Waals surface area (Å²) in [6, 6.07) is 3.31. The Bertz CT molecular complexity index is 785. The number of rotatable bonds is 6. The zero-order valence-electron chi connectivity index (χ0n) is 14.5. The Kier molecular flexibility index (Phi) is 5.57. The molecule has 0 aromatic carbocycles. The van der Waals surface area contributed by atoms with Crippen molar-refractivity contribution in [1.29, 1.82) is 0 Å². The van der Waals surface area contributed by atoms with E-state index in [9.17, 15) is 28.2 Å². The van der Waals surface area contributed by atoms with Crippen LogP contribution in [0.25, 0.3) is 0 Å². The number of carbonyl (C=O) groups excluding carboxylic acids is 1. The Morgan fingerprint density at radius 3 is 2.54 bits per heavy atom. The molecule has 3 rings (SSSR count). The van der Waals surface area contributed by atoms with Crippen LogP contribution < -0.4 is 10.1 Å². The normalized spacial score (nSPS) is 24.9. The maximum Gasteiger partial charge on any atom is 0.417 e. The lowest BCUT2D eigenvalue weighted by Crippen LogP contribution is -2.40. The second kappa shape index (κ2) is 7.76. The summed E-state index contributed by atoms with van der Waals surface area (Å²) in [6.45, 7) is -0.0303. The van der Waals surface area contributed by atoms with Crippen LogP contribution in [0.5, 0.6) is 5.88 Å². The van der Waals surface area contributed by atoms with E-state index in [1.165, 1.54) is 12.3 Å². The fourth-order valence-corrected chi connectivity index (χ4v) is 3.10. The average Bonchev–Trinajstić information content (AvgIpc) is 3.27. The van der Waals surface area contributed by atoms with Crippen LogP contribution in [-0.4, -0.2) is 51.6 Å². The van der Waals surface area contributed by atoms with Crippen molar-refractivity contribution in [3.8, 4) is 5.88 Å². The van der Waals surface area contributed by atoms with E-state index in [0.717, 1.165) is 12.1 Å². The maximum atomic E-state index is 12.6. The van der Waals surface area contributed by atoms with Crippen LogP contribution in [0.2, 0.25) is 0 Å². The highest BCUT2D eigenvalue weighted by Crippen LogP contribution is 2.39. The second-order valence-corrected chi connectivity index (χ2v) is 6.77. The molecular formula is C17H18F3N3O5. The number of carbonyl (C=O) groups is 1. The van der Waals surface area contributed by atoms with Crippen molar-refractivity contribution in [2.24, 2.45) is 5.41 Å². The Morgan fingerprint density at radius 2 is 2.00 bits per heavy atom. The molecule has 1 saturated carbocycles. The van der Waals surface area contributed by atoms with Gasteiger partial charge < -0.3 is 24.8 Å². The molecule has 2 heterocycles. The summed E-state index contributed by atoms with van der Waals surface area (Å²) in [6.07, 6.45) is -4.29. The summed E-state index contributed by atoms with van der Waals surface area (Å²) in [5.41, 5.74) is -1.74. The van der Waals surface area contributed by atoms with Crippen LogP contribution in [0.4, 0.5) is 13.2 Å². The number of ether oxygens (including phenoxy) is 1. The summed E-state index contributed by atoms with van der Waals surface area (Å²) in [4.78, 5) is 15.7. The van der Waals surface area contributed by atoms with Crippen LogP contribution >= 0.6 is 0 Å². The summed E-state index contributed by atoms with van der Waals surface area (Å²) in [7, 11) is 0. The Balaban J connectivity index is 1.66. The molecule has 1 amide bonds. The Hall–Kier alpha value is -2.66. The van der Waals surface area contributed by atoms with E-state index >= 15 is 0 Å². The number of aliphatic hydroxyl groups is 2. The lowest BCUT2D eigenvalue weighted by Gasteiger charge is -2.28. The number of nitrogens with zero attached hydrogens (tertiary/aromatic N) is 2. The molecule has 8 nitrogen and oxygen atoms in total. The molecule has 0 bridgehead atoms. The summed E-state index contributed by atoms with van der Waals surface area (Å²) in [5.74, 6) is -0.565. The van der Waals surface area contributed by atoms with Crippen molar-refractivity contribution in [1.82, 2.24) is 15.5 Å². The molecule has 0 aliphatic heterocycles. The number of amides is 1. The van der Waals surface area contributed by atoms with Gasteiger partial charge in [0.05, 0.1) is 30.6 Å². The van der Waals surface area contributed by atoms with E-state index in [-0.39, 0.29) is 37.6 Å². The average molecular weight is 401 g/mol. The first-order valence-electron chi connectivity index (χ1n) is 8.40. The van der Waals surface area contributed by atoms with Gasteiger partial charge in [-0.25, -0.2) is 4.98 Å². The molecule has 0 radical (unpaired) electrons. The molecule has 2 aromatic heterocycles. The molecule has 1 aliphatic carbocycles. The third kappa shape index (κ3) is 4.60. The van der Waals surface area contributed by atoms with Gasteiger partial charge in [-0.05, 0) is 18.9 Å². The minimum Gasteiger partial charge on any atom is -0.477 e. The van der Waals surface area contributed by atoms with Gasteiger partial charge in [0.1, 0.15) is 0 Å². The van der Waals surface area contributed by atoms with Crippen LogP contribution in [-0.2, 0) is 6.18 Å². The molecule has 1 fully saturated rings. The number of alkyl halides is 3. The number of aromatic nitrogens is 2. The van der Waals surface area contributed by atoms with Crippen molar-refractivity contribution in [2.45, 2.75) is 31.2 Å². The standard InChI is InChI=1S/C17H18F3N3O5/c18-17(19,20)10-1-2-14(21-7-10)27-9-16(5-11(24)12(25)6-16)8-22-15(26)13-3-4-23-28-13/h1-4,7,11-12,24-25H,5-6,8-9H2,(H,22,26)/t11-,12+,16?. The van der Waals surface area contributed by atoms with Gasteiger partial charge in [0.25, 0.3) is 5.91 Å². The van der Waals surface area contributed by atoms with Gasteiger partial charge in [-0.1, -0.05) is 5.16 Å². The number of pyridine rings is 1. The van der Waals surface area contributed by atoms with E-state index in [1.54, 1.807) is 0 Å². The molecule has 1 unspecified atom stereocenters. The topological polar surface area (TPSA) is 118 Å². The summed E-state index contributed by atoms with van der Waals surface area (Å²) < 4.78 is 48.1. The fraction of sp³-hybridized carbons (Fsp3) is 0.471. The first-order valence-corrected chi connectivity index (χ1v) is 8.40. The number of hydrogen-bond donors (Lipinski definition) is 3. The first-order chi connectivity index (χ1) is 13.2. The van der Waals surface area contributed by atoms with Crippen molar-refractivity contribution in [3.05, 3.63) is 41.9 Å². The van der Waals surface area contributed by atoms with Gasteiger partial charge in [0, 0.05) is 30.3 Å². The largest absolute Gasteiger partial charge is 0.477 e. The first kappa shape index (κ1) is 20.1. The van der Waals surface area contributed by atoms with Gasteiger partial charge in [-0.15, -0.1) is 0 Å². The van der Waals surface area contributed by atoms with Crippen LogP contribution in [0.1, 0.15) is 29.0 Å². The Labute approximate surface area is 157 Å². The maximum absolute atomic E-state index is 12.6. The van der Waals surface area contributed by atoms with Crippen LogP contribution in [0.3, 0.4) is 0 Å². The minimum atomic E-state index is -4.50. The molecule has 3 atom stereocenters. The van der Waals surface area contributed by atoms with Crippen LogP contribution in [0.15, 0.2) is 35.1 Å². The van der Waals surface area contributed by atoms with E-state index in [1.807, 2.05) is 0 Å². The van der Waals surface area contributed by atoms with Crippen molar-refractivity contribution < 1.29 is 37.4 Å². The lowest BCUT2D eigenvalue weighted by atomic mass is 9.86. The van der Waals surface area contributed by atoms with E-state index in [4.69, 9.17) is 9.26 Å².